The molecule has 0 heterocycles. The summed E-state index contributed by atoms with van der Waals surface area (Å²) in [6.45, 7) is 6.58. The van der Waals surface area contributed by atoms with Crippen LogP contribution in [-0.4, -0.2) is 37.2 Å². The van der Waals surface area contributed by atoms with Crippen LogP contribution in [0.3, 0.4) is 0 Å². The molecule has 0 radical (unpaired) electrons. The van der Waals surface area contributed by atoms with Crippen molar-refractivity contribution in [2.24, 2.45) is 0 Å². The van der Waals surface area contributed by atoms with Crippen molar-refractivity contribution >= 4 is 17.9 Å². The molecule has 0 saturated heterocycles. The van der Waals surface area contributed by atoms with Crippen molar-refractivity contribution in [3.8, 4) is 0 Å². The average molecular weight is 964 g/mol. The van der Waals surface area contributed by atoms with E-state index in [9.17, 15) is 14.4 Å². The highest BCUT2D eigenvalue weighted by molar-refractivity contribution is 5.71. The molecule has 0 aromatic rings. The van der Waals surface area contributed by atoms with Gasteiger partial charge in [0, 0.05) is 19.3 Å². The Labute approximate surface area is 427 Å². The van der Waals surface area contributed by atoms with Crippen molar-refractivity contribution in [3.05, 3.63) is 72.9 Å². The Balaban J connectivity index is 4.36. The Hall–Kier alpha value is -3.15. The van der Waals surface area contributed by atoms with Crippen LogP contribution in [-0.2, 0) is 28.6 Å². The second kappa shape index (κ2) is 57.4. The third-order valence-electron chi connectivity index (χ3n) is 12.7. The van der Waals surface area contributed by atoms with Gasteiger partial charge in [0.15, 0.2) is 6.10 Å². The van der Waals surface area contributed by atoms with E-state index in [4.69, 9.17) is 14.2 Å². The number of ether oxygens (including phenoxy) is 3. The highest BCUT2D eigenvalue weighted by atomic mass is 16.6. The third-order valence-corrected chi connectivity index (χ3v) is 12.7. The van der Waals surface area contributed by atoms with Crippen LogP contribution in [0.2, 0.25) is 0 Å². The molecule has 0 aromatic carbocycles. The summed E-state index contributed by atoms with van der Waals surface area (Å²) in [7, 11) is 0. The molecular weight excluding hydrogens is 853 g/mol. The van der Waals surface area contributed by atoms with Crippen molar-refractivity contribution in [1.82, 2.24) is 0 Å². The molecule has 0 bridgehead atoms. The second-order valence-corrected chi connectivity index (χ2v) is 19.5. The Kier molecular flexibility index (Phi) is 54.8. The summed E-state index contributed by atoms with van der Waals surface area (Å²) in [6.07, 6.45) is 73.2. The Morgan fingerprint density at radius 2 is 0.522 bits per heavy atom. The molecule has 0 saturated carbocycles. The van der Waals surface area contributed by atoms with E-state index in [-0.39, 0.29) is 31.1 Å². The zero-order valence-electron chi connectivity index (χ0n) is 45.6. The zero-order valence-corrected chi connectivity index (χ0v) is 45.6. The molecule has 1 atom stereocenters. The first-order valence-corrected chi connectivity index (χ1v) is 29.4. The van der Waals surface area contributed by atoms with Gasteiger partial charge in [-0.05, 0) is 116 Å². The quantitative estimate of drug-likeness (QED) is 0.0262. The fourth-order valence-corrected chi connectivity index (χ4v) is 8.18. The lowest BCUT2D eigenvalue weighted by Gasteiger charge is -2.18. The molecule has 0 aliphatic rings. The number of carbonyl (C=O) groups is 3. The maximum Gasteiger partial charge on any atom is 0.306 e. The van der Waals surface area contributed by atoms with Crippen LogP contribution in [0.5, 0.6) is 0 Å². The monoisotopic (exact) mass is 963 g/mol. The molecule has 6 heteroatoms. The number of hydrogen-bond donors (Lipinski definition) is 0. The molecule has 0 aliphatic carbocycles. The maximum atomic E-state index is 12.8. The Morgan fingerprint density at radius 3 is 0.870 bits per heavy atom. The van der Waals surface area contributed by atoms with Crippen LogP contribution in [0, 0.1) is 0 Å². The SMILES string of the molecule is CCCCC/C=C\C/C=C\CCCCCCCC(=O)OC(COC(=O)CCCCCCC/C=C\CCCCCC)COC(=O)CCCCCCCCCC/C=C\C/C=C\C/C=C\CCCCCCC. The Morgan fingerprint density at radius 1 is 0.290 bits per heavy atom. The van der Waals surface area contributed by atoms with Gasteiger partial charge in [-0.1, -0.05) is 229 Å². The number of hydrogen-bond acceptors (Lipinski definition) is 6. The first kappa shape index (κ1) is 65.8. The predicted octanol–water partition coefficient (Wildman–Crippen LogP) is 19.8. The summed E-state index contributed by atoms with van der Waals surface area (Å²) in [4.78, 5) is 38.1. The predicted molar refractivity (Wildman–Crippen MR) is 298 cm³/mol. The number of allylic oxidation sites excluding steroid dienone is 12. The summed E-state index contributed by atoms with van der Waals surface area (Å²) in [5, 5.41) is 0. The van der Waals surface area contributed by atoms with Crippen LogP contribution >= 0.6 is 0 Å². The highest BCUT2D eigenvalue weighted by Crippen LogP contribution is 2.15. The normalized spacial score (nSPS) is 12.6. The van der Waals surface area contributed by atoms with Gasteiger partial charge in [-0.25, -0.2) is 0 Å². The lowest BCUT2D eigenvalue weighted by atomic mass is 10.1. The molecule has 0 aliphatic heterocycles. The van der Waals surface area contributed by atoms with Gasteiger partial charge in [0.2, 0.25) is 0 Å². The summed E-state index contributed by atoms with van der Waals surface area (Å²) >= 11 is 0. The fraction of sp³-hybridized carbons (Fsp3) is 0.762. The van der Waals surface area contributed by atoms with E-state index in [2.05, 4.69) is 93.7 Å². The van der Waals surface area contributed by atoms with Gasteiger partial charge in [0.1, 0.15) is 13.2 Å². The molecule has 0 aromatic heterocycles. The van der Waals surface area contributed by atoms with E-state index >= 15 is 0 Å². The molecule has 69 heavy (non-hydrogen) atoms. The van der Waals surface area contributed by atoms with Gasteiger partial charge in [-0.3, -0.25) is 14.4 Å². The summed E-state index contributed by atoms with van der Waals surface area (Å²) in [6, 6.07) is 0. The fourth-order valence-electron chi connectivity index (χ4n) is 8.18. The molecule has 0 rings (SSSR count). The standard InChI is InChI=1S/C63H110O6/c1-4-7-10-13-16-19-22-25-27-28-29-30-31-32-33-34-36-38-41-44-47-50-53-56-62(65)68-59-60(58-67-61(64)55-52-49-46-43-40-37-24-21-18-15-12-9-6-3)69-63(66)57-54-51-48-45-42-39-35-26-23-20-17-14-11-8-5-2/h17,20-22,24-26,28-29,31-32,35,60H,4-16,18-19,23,27,30,33-34,36-59H2,1-3H3/b20-17-,24-21-,25-22-,29-28-,32-31-,35-26-. The maximum absolute atomic E-state index is 12.8. The lowest BCUT2D eigenvalue weighted by molar-refractivity contribution is -0.167. The molecule has 0 amide bonds. The van der Waals surface area contributed by atoms with E-state index in [1.807, 2.05) is 0 Å². The highest BCUT2D eigenvalue weighted by Gasteiger charge is 2.19. The summed E-state index contributed by atoms with van der Waals surface area (Å²) in [5.74, 6) is -0.909. The van der Waals surface area contributed by atoms with Gasteiger partial charge in [0.05, 0.1) is 0 Å². The first-order valence-electron chi connectivity index (χ1n) is 29.4. The number of rotatable bonds is 53. The van der Waals surface area contributed by atoms with Crippen LogP contribution < -0.4 is 0 Å². The number of unbranched alkanes of at least 4 members (excludes halogenated alkanes) is 30. The van der Waals surface area contributed by atoms with Gasteiger partial charge in [0.25, 0.3) is 0 Å². The zero-order chi connectivity index (χ0) is 50.0. The van der Waals surface area contributed by atoms with Crippen molar-refractivity contribution in [2.45, 2.75) is 297 Å². The molecule has 0 spiro atoms. The van der Waals surface area contributed by atoms with Crippen molar-refractivity contribution < 1.29 is 28.6 Å². The molecule has 1 unspecified atom stereocenters. The van der Waals surface area contributed by atoms with E-state index in [0.717, 1.165) is 109 Å². The third kappa shape index (κ3) is 55.6. The van der Waals surface area contributed by atoms with Crippen molar-refractivity contribution in [2.75, 3.05) is 13.2 Å². The Bertz CT molecular complexity index is 1290. The summed E-state index contributed by atoms with van der Waals surface area (Å²) < 4.78 is 16.8. The second-order valence-electron chi connectivity index (χ2n) is 19.5. The largest absolute Gasteiger partial charge is 0.462 e. The minimum absolute atomic E-state index is 0.0873. The van der Waals surface area contributed by atoms with Gasteiger partial charge >= 0.3 is 17.9 Å². The topological polar surface area (TPSA) is 78.9 Å². The first-order chi connectivity index (χ1) is 34.0. The molecular formula is C63H110O6. The molecule has 6 nitrogen and oxygen atoms in total. The van der Waals surface area contributed by atoms with Gasteiger partial charge in [-0.15, -0.1) is 0 Å². The molecule has 0 N–H and O–H groups in total. The lowest BCUT2D eigenvalue weighted by Crippen LogP contribution is -2.30. The van der Waals surface area contributed by atoms with Gasteiger partial charge in [-0.2, -0.15) is 0 Å². The van der Waals surface area contributed by atoms with E-state index in [1.165, 1.54) is 141 Å². The smallest absolute Gasteiger partial charge is 0.306 e. The number of carbonyl (C=O) groups excluding carboxylic acids is 3. The minimum atomic E-state index is -0.789. The van der Waals surface area contributed by atoms with Crippen LogP contribution in [0.25, 0.3) is 0 Å². The summed E-state index contributed by atoms with van der Waals surface area (Å²) in [5.41, 5.74) is 0. The van der Waals surface area contributed by atoms with E-state index < -0.39 is 6.10 Å². The molecule has 398 valence electrons. The van der Waals surface area contributed by atoms with Crippen LogP contribution in [0.15, 0.2) is 72.9 Å². The minimum Gasteiger partial charge on any atom is -0.462 e. The number of esters is 3. The van der Waals surface area contributed by atoms with Crippen LogP contribution in [0.1, 0.15) is 290 Å². The molecule has 0 fully saturated rings. The van der Waals surface area contributed by atoms with E-state index in [0.29, 0.717) is 19.3 Å². The van der Waals surface area contributed by atoms with Gasteiger partial charge < -0.3 is 14.2 Å². The van der Waals surface area contributed by atoms with Crippen LogP contribution in [0.4, 0.5) is 0 Å². The van der Waals surface area contributed by atoms with Crippen molar-refractivity contribution in [3.63, 3.8) is 0 Å². The average Bonchev–Trinajstić information content (AvgIpc) is 3.35. The van der Waals surface area contributed by atoms with E-state index in [1.54, 1.807) is 0 Å². The van der Waals surface area contributed by atoms with Crippen molar-refractivity contribution in [1.29, 1.82) is 0 Å².